The zero-order valence-electron chi connectivity index (χ0n) is 13.6. The molecule has 1 N–H and O–H groups in total. The third-order valence-electron chi connectivity index (χ3n) is 3.79. The van der Waals surface area contributed by atoms with Gasteiger partial charge in [-0.15, -0.1) is 11.3 Å². The predicted molar refractivity (Wildman–Crippen MR) is 99.2 cm³/mol. The highest BCUT2D eigenvalue weighted by molar-refractivity contribution is 7.25. The number of likely N-dealkylation sites (N-methyl/N-ethyl adjacent to an activating group) is 1. The first-order chi connectivity index (χ1) is 11.1. The molecule has 0 bridgehead atoms. The van der Waals surface area contributed by atoms with Gasteiger partial charge >= 0.3 is 0 Å². The molecule has 3 aromatic rings. The summed E-state index contributed by atoms with van der Waals surface area (Å²) < 4.78 is 7.34. The summed E-state index contributed by atoms with van der Waals surface area (Å²) in [5.41, 5.74) is 0.926. The van der Waals surface area contributed by atoms with Crippen molar-refractivity contribution in [3.05, 3.63) is 46.6 Å². The summed E-state index contributed by atoms with van der Waals surface area (Å²) >= 11 is 1.60. The van der Waals surface area contributed by atoms with Gasteiger partial charge < -0.3 is 15.0 Å². The van der Waals surface area contributed by atoms with Gasteiger partial charge in [-0.05, 0) is 38.4 Å². The summed E-state index contributed by atoms with van der Waals surface area (Å²) in [5.74, 6) is 0.742. The smallest absolute Gasteiger partial charge is 0.198 e. The van der Waals surface area contributed by atoms with Crippen molar-refractivity contribution >= 4 is 37.2 Å². The van der Waals surface area contributed by atoms with Crippen LogP contribution < -0.4 is 15.5 Å². The van der Waals surface area contributed by atoms with Crippen molar-refractivity contribution in [2.45, 2.75) is 0 Å². The molecule has 23 heavy (non-hydrogen) atoms. The van der Waals surface area contributed by atoms with Crippen LogP contribution in [0.15, 0.2) is 41.2 Å². The molecule has 0 saturated heterocycles. The minimum Gasteiger partial charge on any atom is -0.495 e. The van der Waals surface area contributed by atoms with E-state index in [4.69, 9.17) is 4.74 Å². The quantitative estimate of drug-likeness (QED) is 0.729. The molecular weight excluding hydrogens is 308 g/mol. The molecule has 0 aliphatic carbocycles. The van der Waals surface area contributed by atoms with E-state index in [1.54, 1.807) is 18.4 Å². The normalized spacial score (nSPS) is 11.3. The van der Waals surface area contributed by atoms with Crippen molar-refractivity contribution in [1.29, 1.82) is 0 Å². The number of rotatable bonds is 5. The number of benzene rings is 2. The standard InChI is InChI=1S/C18H20N2O2S/c1-20(2)11-10-19-13-8-9-14(22-3)18-16(13)17(21)12-6-4-5-7-15(12)23-18/h4-9,19H,10-11H2,1-3H3. The lowest BCUT2D eigenvalue weighted by atomic mass is 10.1. The van der Waals surface area contributed by atoms with E-state index in [0.29, 0.717) is 5.39 Å². The Labute approximate surface area is 139 Å². The van der Waals surface area contributed by atoms with Gasteiger partial charge in [0.1, 0.15) is 5.75 Å². The number of hydrogen-bond donors (Lipinski definition) is 1. The van der Waals surface area contributed by atoms with Crippen LogP contribution in [0, 0.1) is 0 Å². The summed E-state index contributed by atoms with van der Waals surface area (Å²) in [6.07, 6.45) is 0. The van der Waals surface area contributed by atoms with Crippen LogP contribution in [0.1, 0.15) is 0 Å². The summed E-state index contributed by atoms with van der Waals surface area (Å²) in [6, 6.07) is 11.6. The van der Waals surface area contributed by atoms with Crippen LogP contribution in [0.2, 0.25) is 0 Å². The van der Waals surface area contributed by atoms with Gasteiger partial charge in [-0.2, -0.15) is 0 Å². The van der Waals surface area contributed by atoms with Crippen molar-refractivity contribution in [3.8, 4) is 5.75 Å². The van der Waals surface area contributed by atoms with E-state index in [2.05, 4.69) is 10.2 Å². The summed E-state index contributed by atoms with van der Waals surface area (Å²) in [4.78, 5) is 15.1. The van der Waals surface area contributed by atoms with Crippen LogP contribution in [0.25, 0.3) is 20.2 Å². The first-order valence-corrected chi connectivity index (χ1v) is 8.34. The Morgan fingerprint density at radius 3 is 2.70 bits per heavy atom. The van der Waals surface area contributed by atoms with Gasteiger partial charge in [0.2, 0.25) is 0 Å². The molecule has 3 rings (SSSR count). The minimum atomic E-state index is 0.0561. The number of hydrogen-bond acceptors (Lipinski definition) is 5. The number of nitrogens with one attached hydrogen (secondary N) is 1. The van der Waals surface area contributed by atoms with Gasteiger partial charge in [-0.25, -0.2) is 0 Å². The highest BCUT2D eigenvalue weighted by atomic mass is 32.1. The van der Waals surface area contributed by atoms with Crippen molar-refractivity contribution in [2.24, 2.45) is 0 Å². The fraction of sp³-hybridized carbons (Fsp3) is 0.278. The largest absolute Gasteiger partial charge is 0.495 e. The van der Waals surface area contributed by atoms with Gasteiger partial charge in [0, 0.05) is 28.9 Å². The zero-order valence-corrected chi connectivity index (χ0v) is 14.4. The number of methoxy groups -OCH3 is 1. The second-order valence-electron chi connectivity index (χ2n) is 5.68. The highest BCUT2D eigenvalue weighted by Crippen LogP contribution is 2.35. The lowest BCUT2D eigenvalue weighted by Gasteiger charge is -2.14. The van der Waals surface area contributed by atoms with E-state index < -0.39 is 0 Å². The van der Waals surface area contributed by atoms with Crippen LogP contribution in [0.3, 0.4) is 0 Å². The van der Waals surface area contributed by atoms with Crippen LogP contribution in [-0.4, -0.2) is 39.2 Å². The lowest BCUT2D eigenvalue weighted by molar-refractivity contribution is 0.420. The Kier molecular flexibility index (Phi) is 4.50. The van der Waals surface area contributed by atoms with Crippen LogP contribution in [0.5, 0.6) is 5.75 Å². The molecule has 0 aliphatic heterocycles. The molecule has 2 aromatic carbocycles. The third-order valence-corrected chi connectivity index (χ3v) is 4.97. The molecule has 120 valence electrons. The van der Waals surface area contributed by atoms with Gasteiger partial charge in [-0.3, -0.25) is 4.79 Å². The molecule has 1 aromatic heterocycles. The maximum atomic E-state index is 13.0. The zero-order chi connectivity index (χ0) is 16.4. The average Bonchev–Trinajstić information content (AvgIpc) is 2.54. The van der Waals surface area contributed by atoms with Crippen molar-refractivity contribution < 1.29 is 4.74 Å². The molecule has 0 fully saturated rings. The van der Waals surface area contributed by atoms with E-state index in [-0.39, 0.29) is 5.43 Å². The van der Waals surface area contributed by atoms with Crippen LogP contribution in [-0.2, 0) is 0 Å². The molecule has 0 spiro atoms. The Morgan fingerprint density at radius 1 is 1.17 bits per heavy atom. The van der Waals surface area contributed by atoms with E-state index in [1.165, 1.54) is 0 Å². The van der Waals surface area contributed by atoms with Gasteiger partial charge in [0.25, 0.3) is 0 Å². The van der Waals surface area contributed by atoms with Crippen LogP contribution >= 0.6 is 11.3 Å². The summed E-state index contributed by atoms with van der Waals surface area (Å²) in [6.45, 7) is 1.68. The first kappa shape index (κ1) is 15.8. The maximum absolute atomic E-state index is 13.0. The van der Waals surface area contributed by atoms with E-state index in [0.717, 1.165) is 39.3 Å². The number of anilines is 1. The molecule has 0 radical (unpaired) electrons. The molecule has 0 aliphatic rings. The molecule has 4 nitrogen and oxygen atoms in total. The van der Waals surface area contributed by atoms with E-state index >= 15 is 0 Å². The topological polar surface area (TPSA) is 41.6 Å². The van der Waals surface area contributed by atoms with Crippen molar-refractivity contribution in [3.63, 3.8) is 0 Å². The summed E-state index contributed by atoms with van der Waals surface area (Å²) in [5, 5.41) is 4.86. The van der Waals surface area contributed by atoms with Crippen LogP contribution in [0.4, 0.5) is 5.69 Å². The Balaban J connectivity index is 2.21. The van der Waals surface area contributed by atoms with Crippen molar-refractivity contribution in [2.75, 3.05) is 39.6 Å². The first-order valence-electron chi connectivity index (χ1n) is 7.53. The second kappa shape index (κ2) is 6.56. The average molecular weight is 328 g/mol. The van der Waals surface area contributed by atoms with E-state index in [9.17, 15) is 4.79 Å². The molecular formula is C18H20N2O2S. The SMILES string of the molecule is COc1ccc(NCCN(C)C)c2c(=O)c3ccccc3sc12. The molecule has 1 heterocycles. The molecule has 0 unspecified atom stereocenters. The van der Waals surface area contributed by atoms with Gasteiger partial charge in [0.15, 0.2) is 5.43 Å². The maximum Gasteiger partial charge on any atom is 0.198 e. The van der Waals surface area contributed by atoms with Gasteiger partial charge in [-0.1, -0.05) is 12.1 Å². The Hall–Kier alpha value is -2.11. The van der Waals surface area contributed by atoms with E-state index in [1.807, 2.05) is 50.5 Å². The summed E-state index contributed by atoms with van der Waals surface area (Å²) in [7, 11) is 5.70. The molecule has 0 atom stereocenters. The number of fused-ring (bicyclic) bond motifs is 2. The molecule has 0 saturated carbocycles. The fourth-order valence-corrected chi connectivity index (χ4v) is 3.79. The fourth-order valence-electron chi connectivity index (χ4n) is 2.60. The molecule has 0 amide bonds. The number of nitrogens with zero attached hydrogens (tertiary/aromatic N) is 1. The van der Waals surface area contributed by atoms with Crippen molar-refractivity contribution in [1.82, 2.24) is 4.90 Å². The predicted octanol–water partition coefficient (Wildman–Crippen LogP) is 3.40. The Bertz CT molecular complexity index is 903. The lowest BCUT2D eigenvalue weighted by Crippen LogP contribution is -2.21. The van der Waals surface area contributed by atoms with Gasteiger partial charge in [0.05, 0.1) is 17.2 Å². The molecule has 5 heteroatoms. The minimum absolute atomic E-state index is 0.0561. The highest BCUT2D eigenvalue weighted by Gasteiger charge is 2.13. The number of ether oxygens (including phenoxy) is 1. The Morgan fingerprint density at radius 2 is 1.96 bits per heavy atom. The second-order valence-corrected chi connectivity index (χ2v) is 6.73. The monoisotopic (exact) mass is 328 g/mol. The third kappa shape index (κ3) is 3.02.